The van der Waals surface area contributed by atoms with E-state index < -0.39 is 23.3 Å². The third-order valence-electron chi connectivity index (χ3n) is 7.03. The second-order valence-electron chi connectivity index (χ2n) is 9.63. The monoisotopic (exact) mass is 587 g/mol. The van der Waals surface area contributed by atoms with Crippen LogP contribution in [-0.4, -0.2) is 19.5 Å². The number of H-pyrrole nitrogens is 1. The third kappa shape index (κ3) is 4.69. The smallest absolute Gasteiger partial charge is 0.361 e. The zero-order valence-corrected chi connectivity index (χ0v) is 22.7. The van der Waals surface area contributed by atoms with E-state index in [0.29, 0.717) is 33.5 Å². The maximum Gasteiger partial charge on any atom is 0.416 e. The summed E-state index contributed by atoms with van der Waals surface area (Å²) in [7, 11) is 0. The molecule has 42 heavy (non-hydrogen) atoms. The van der Waals surface area contributed by atoms with Gasteiger partial charge in [0.05, 0.1) is 27.7 Å². The van der Waals surface area contributed by atoms with Gasteiger partial charge in [-0.3, -0.25) is 14.2 Å². The SMILES string of the molecule is C[C@H](Nc1ncnc2[nH]ccc(=O)c12)c1c(Cl)c2cccc(-c3ccc(C(F)(F)F)cc3)c2c(=O)n1-c1ccccc1. The Kier molecular flexibility index (Phi) is 6.78. The molecule has 6 rings (SSSR count). The lowest BCUT2D eigenvalue weighted by Gasteiger charge is -2.24. The molecule has 0 aliphatic rings. The van der Waals surface area contributed by atoms with Crippen LogP contribution in [0.25, 0.3) is 38.6 Å². The number of para-hydroxylation sites is 1. The van der Waals surface area contributed by atoms with Gasteiger partial charge in [-0.1, -0.05) is 60.1 Å². The van der Waals surface area contributed by atoms with Crippen LogP contribution in [0.5, 0.6) is 0 Å². The number of hydrogen-bond acceptors (Lipinski definition) is 5. The number of hydrogen-bond donors (Lipinski definition) is 2. The number of benzene rings is 3. The number of alkyl halides is 3. The van der Waals surface area contributed by atoms with Crippen LogP contribution < -0.4 is 16.3 Å². The number of fused-ring (bicyclic) bond motifs is 2. The average molecular weight is 588 g/mol. The van der Waals surface area contributed by atoms with Gasteiger partial charge in [0.15, 0.2) is 5.43 Å². The van der Waals surface area contributed by atoms with Crippen molar-refractivity contribution in [3.8, 4) is 16.8 Å². The lowest BCUT2D eigenvalue weighted by atomic mass is 9.97. The number of rotatable bonds is 5. The molecule has 6 aromatic rings. The van der Waals surface area contributed by atoms with Crippen LogP contribution in [0.3, 0.4) is 0 Å². The zero-order valence-electron chi connectivity index (χ0n) is 21.9. The molecular weight excluding hydrogens is 567 g/mol. The highest BCUT2D eigenvalue weighted by Crippen LogP contribution is 2.37. The van der Waals surface area contributed by atoms with Crippen LogP contribution in [0.1, 0.15) is 24.2 Å². The third-order valence-corrected chi connectivity index (χ3v) is 7.43. The van der Waals surface area contributed by atoms with Gasteiger partial charge < -0.3 is 10.3 Å². The molecule has 3 aromatic heterocycles. The summed E-state index contributed by atoms with van der Waals surface area (Å²) in [5.41, 5.74) is 0.676. The van der Waals surface area contributed by atoms with Crippen LogP contribution in [0.4, 0.5) is 19.0 Å². The maximum absolute atomic E-state index is 14.4. The summed E-state index contributed by atoms with van der Waals surface area (Å²) < 4.78 is 41.1. The van der Waals surface area contributed by atoms with Crippen molar-refractivity contribution >= 4 is 39.2 Å². The highest BCUT2D eigenvalue weighted by molar-refractivity contribution is 6.36. The van der Waals surface area contributed by atoms with E-state index in [1.807, 2.05) is 6.07 Å². The van der Waals surface area contributed by atoms with Gasteiger partial charge in [0, 0.05) is 23.3 Å². The number of aromatic amines is 1. The molecule has 0 unspecified atom stereocenters. The van der Waals surface area contributed by atoms with Gasteiger partial charge in [0.2, 0.25) is 0 Å². The van der Waals surface area contributed by atoms with Crippen LogP contribution in [0.2, 0.25) is 5.02 Å². The molecule has 3 aromatic carbocycles. The fourth-order valence-corrected chi connectivity index (χ4v) is 5.52. The van der Waals surface area contributed by atoms with E-state index in [1.54, 1.807) is 49.4 Å². The first kappa shape index (κ1) is 27.2. The van der Waals surface area contributed by atoms with Crippen molar-refractivity contribution in [2.45, 2.75) is 19.1 Å². The maximum atomic E-state index is 14.4. The summed E-state index contributed by atoms with van der Waals surface area (Å²) >= 11 is 7.07. The summed E-state index contributed by atoms with van der Waals surface area (Å²) in [5.74, 6) is 0.260. The van der Waals surface area contributed by atoms with Crippen LogP contribution >= 0.6 is 11.6 Å². The first-order valence-electron chi connectivity index (χ1n) is 12.8. The molecule has 1 atom stereocenters. The van der Waals surface area contributed by atoms with Crippen molar-refractivity contribution in [3.05, 3.63) is 128 Å². The van der Waals surface area contributed by atoms with E-state index in [2.05, 4.69) is 20.3 Å². The molecule has 0 bridgehead atoms. The molecule has 2 N–H and O–H groups in total. The highest BCUT2D eigenvalue weighted by atomic mass is 35.5. The van der Waals surface area contributed by atoms with Crippen molar-refractivity contribution in [1.82, 2.24) is 19.5 Å². The Labute approximate surface area is 241 Å². The Bertz CT molecular complexity index is 2070. The van der Waals surface area contributed by atoms with E-state index >= 15 is 0 Å². The van der Waals surface area contributed by atoms with Crippen molar-refractivity contribution in [2.75, 3.05) is 5.32 Å². The Hall–Kier alpha value is -4.96. The molecule has 0 spiro atoms. The fraction of sp³-hybridized carbons (Fsp3) is 0.0968. The molecule has 0 saturated carbocycles. The van der Waals surface area contributed by atoms with Crippen LogP contribution in [0.15, 0.2) is 101 Å². The number of halogens is 4. The number of anilines is 1. The topological polar surface area (TPSA) is 92.7 Å². The lowest BCUT2D eigenvalue weighted by molar-refractivity contribution is -0.137. The van der Waals surface area contributed by atoms with E-state index in [-0.39, 0.29) is 27.0 Å². The molecule has 0 aliphatic heterocycles. The Morgan fingerprint density at radius 2 is 1.64 bits per heavy atom. The Morgan fingerprint density at radius 3 is 2.36 bits per heavy atom. The molecule has 0 fully saturated rings. The van der Waals surface area contributed by atoms with Gasteiger partial charge in [0.1, 0.15) is 23.2 Å². The summed E-state index contributed by atoms with van der Waals surface area (Å²) in [5, 5.41) is 4.43. The van der Waals surface area contributed by atoms with E-state index in [9.17, 15) is 22.8 Å². The first-order valence-corrected chi connectivity index (χ1v) is 13.2. The second-order valence-corrected chi connectivity index (χ2v) is 10.0. The number of nitrogens with one attached hydrogen (secondary N) is 2. The van der Waals surface area contributed by atoms with E-state index in [1.165, 1.54) is 35.3 Å². The highest BCUT2D eigenvalue weighted by Gasteiger charge is 2.30. The van der Waals surface area contributed by atoms with Crippen LogP contribution in [0, 0.1) is 0 Å². The molecular formula is C31H21ClF3N5O2. The predicted molar refractivity (Wildman–Crippen MR) is 157 cm³/mol. The van der Waals surface area contributed by atoms with Gasteiger partial charge >= 0.3 is 6.18 Å². The van der Waals surface area contributed by atoms with Gasteiger partial charge in [-0.25, -0.2) is 9.97 Å². The van der Waals surface area contributed by atoms with Gasteiger partial charge in [-0.05, 0) is 42.3 Å². The number of pyridine rings is 2. The summed E-state index contributed by atoms with van der Waals surface area (Å²) in [6.45, 7) is 1.79. The largest absolute Gasteiger partial charge is 0.416 e. The minimum Gasteiger partial charge on any atom is -0.361 e. The molecule has 0 amide bonds. The van der Waals surface area contributed by atoms with Crippen molar-refractivity contribution in [3.63, 3.8) is 0 Å². The van der Waals surface area contributed by atoms with Gasteiger partial charge in [0.25, 0.3) is 5.56 Å². The minimum absolute atomic E-state index is 0.252. The molecule has 0 aliphatic carbocycles. The van der Waals surface area contributed by atoms with Crippen LogP contribution in [-0.2, 0) is 6.18 Å². The molecule has 3 heterocycles. The van der Waals surface area contributed by atoms with Crippen molar-refractivity contribution < 1.29 is 13.2 Å². The fourth-order valence-electron chi connectivity index (χ4n) is 5.11. The zero-order chi connectivity index (χ0) is 29.6. The quantitative estimate of drug-likeness (QED) is 0.224. The summed E-state index contributed by atoms with van der Waals surface area (Å²) in [6, 6.07) is 19.3. The molecule has 0 radical (unpaired) electrons. The predicted octanol–water partition coefficient (Wildman–Crippen LogP) is 7.13. The summed E-state index contributed by atoms with van der Waals surface area (Å²) in [4.78, 5) is 38.4. The number of aromatic nitrogens is 4. The van der Waals surface area contributed by atoms with Gasteiger partial charge in [-0.2, -0.15) is 13.2 Å². The first-order chi connectivity index (χ1) is 20.1. The Balaban J connectivity index is 1.58. The van der Waals surface area contributed by atoms with Crippen molar-refractivity contribution in [2.24, 2.45) is 0 Å². The molecule has 210 valence electrons. The Morgan fingerprint density at radius 1 is 0.905 bits per heavy atom. The average Bonchev–Trinajstić information content (AvgIpc) is 2.98. The van der Waals surface area contributed by atoms with E-state index in [4.69, 9.17) is 11.6 Å². The standard InChI is InChI=1S/C31H21ClF3N5O2/c1-17(39-29-25-23(41)14-15-36-28(25)37-16-38-29)27-26(32)22-9-5-8-21(18-10-12-19(13-11-18)31(33,34)35)24(22)30(42)40(27)20-6-3-2-4-7-20/h2-17H,1H3,(H2,36,37,38,39,41)/t17-/m0/s1. The lowest BCUT2D eigenvalue weighted by Crippen LogP contribution is -2.27. The van der Waals surface area contributed by atoms with Gasteiger partial charge in [-0.15, -0.1) is 0 Å². The molecule has 7 nitrogen and oxygen atoms in total. The molecule has 0 saturated heterocycles. The van der Waals surface area contributed by atoms with E-state index in [0.717, 1.165) is 12.1 Å². The summed E-state index contributed by atoms with van der Waals surface area (Å²) in [6.07, 6.45) is -1.68. The number of nitrogens with zero attached hydrogens (tertiary/aromatic N) is 3. The minimum atomic E-state index is -4.49. The normalized spacial score (nSPS) is 12.5. The molecule has 11 heteroatoms. The second kappa shape index (κ2) is 10.5. The van der Waals surface area contributed by atoms with Crippen molar-refractivity contribution in [1.29, 1.82) is 0 Å².